The zero-order valence-corrected chi connectivity index (χ0v) is 14.9. The van der Waals surface area contributed by atoms with Crippen molar-refractivity contribution < 1.29 is 4.79 Å². The number of piperidine rings is 1. The molecule has 0 radical (unpaired) electrons. The van der Waals surface area contributed by atoms with Crippen LogP contribution in [0.25, 0.3) is 0 Å². The molecule has 24 heavy (non-hydrogen) atoms. The second kappa shape index (κ2) is 7.92. The van der Waals surface area contributed by atoms with Gasteiger partial charge in [0.1, 0.15) is 0 Å². The molecule has 3 heterocycles. The first-order valence-electron chi connectivity index (χ1n) is 9.24. The monoisotopic (exact) mass is 331 g/mol. The molecular weight excluding hydrogens is 302 g/mol. The molecule has 2 aliphatic heterocycles. The van der Waals surface area contributed by atoms with Gasteiger partial charge in [-0.05, 0) is 25.2 Å². The second-order valence-corrected chi connectivity index (χ2v) is 7.03. The third kappa shape index (κ3) is 4.04. The number of aromatic nitrogens is 2. The van der Waals surface area contributed by atoms with Crippen molar-refractivity contribution in [2.24, 2.45) is 5.92 Å². The standard InChI is InChI=1S/C18H29N5O/c1-3-17(24)23-9-6-16(14(2)13-23)19-10-15-11-20-18(21-12-15)22-7-4-5-8-22/h11-12,14,16,19H,3-10,13H2,1-2H3/t14-,16-/m0/s1. The summed E-state index contributed by atoms with van der Waals surface area (Å²) < 4.78 is 0. The number of rotatable bonds is 5. The highest BCUT2D eigenvalue weighted by molar-refractivity contribution is 5.75. The lowest BCUT2D eigenvalue weighted by molar-refractivity contribution is -0.132. The summed E-state index contributed by atoms with van der Waals surface area (Å²) >= 11 is 0. The predicted octanol–water partition coefficient (Wildman–Crippen LogP) is 1.81. The van der Waals surface area contributed by atoms with E-state index in [4.69, 9.17) is 0 Å². The fourth-order valence-electron chi connectivity index (χ4n) is 3.67. The number of hydrogen-bond acceptors (Lipinski definition) is 5. The maximum atomic E-state index is 11.8. The number of nitrogens with one attached hydrogen (secondary N) is 1. The molecule has 3 rings (SSSR count). The van der Waals surface area contributed by atoms with Crippen molar-refractivity contribution in [3.8, 4) is 0 Å². The first-order valence-corrected chi connectivity index (χ1v) is 9.24. The molecule has 0 bridgehead atoms. The summed E-state index contributed by atoms with van der Waals surface area (Å²) in [5, 5.41) is 3.62. The van der Waals surface area contributed by atoms with Gasteiger partial charge in [-0.15, -0.1) is 0 Å². The third-order valence-electron chi connectivity index (χ3n) is 5.21. The molecule has 132 valence electrons. The van der Waals surface area contributed by atoms with Gasteiger partial charge in [-0.25, -0.2) is 9.97 Å². The number of anilines is 1. The van der Waals surface area contributed by atoms with Crippen LogP contribution in [0.2, 0.25) is 0 Å². The molecule has 6 heteroatoms. The normalized spacial score (nSPS) is 24.4. The minimum Gasteiger partial charge on any atom is -0.342 e. The van der Waals surface area contributed by atoms with E-state index < -0.39 is 0 Å². The van der Waals surface area contributed by atoms with E-state index in [1.54, 1.807) is 0 Å². The van der Waals surface area contributed by atoms with Crippen molar-refractivity contribution in [2.45, 2.75) is 52.1 Å². The molecule has 1 aromatic heterocycles. The molecule has 0 unspecified atom stereocenters. The largest absolute Gasteiger partial charge is 0.342 e. The average molecular weight is 331 g/mol. The van der Waals surface area contributed by atoms with E-state index >= 15 is 0 Å². The molecule has 1 amide bonds. The minimum atomic E-state index is 0.270. The summed E-state index contributed by atoms with van der Waals surface area (Å²) in [7, 11) is 0. The van der Waals surface area contributed by atoms with Gasteiger partial charge in [0.25, 0.3) is 0 Å². The number of amides is 1. The zero-order chi connectivity index (χ0) is 16.9. The van der Waals surface area contributed by atoms with Crippen LogP contribution in [0.1, 0.15) is 45.1 Å². The molecule has 2 saturated heterocycles. The highest BCUT2D eigenvalue weighted by Crippen LogP contribution is 2.18. The Balaban J connectivity index is 1.48. The molecule has 0 aliphatic carbocycles. The quantitative estimate of drug-likeness (QED) is 0.892. The topological polar surface area (TPSA) is 61.4 Å². The smallest absolute Gasteiger partial charge is 0.225 e. The van der Waals surface area contributed by atoms with E-state index in [1.165, 1.54) is 12.8 Å². The van der Waals surface area contributed by atoms with Gasteiger partial charge < -0.3 is 15.1 Å². The van der Waals surface area contributed by atoms with Gasteiger partial charge >= 0.3 is 0 Å². The Kier molecular flexibility index (Phi) is 5.66. The van der Waals surface area contributed by atoms with Crippen LogP contribution in [0, 0.1) is 5.92 Å². The summed E-state index contributed by atoms with van der Waals surface area (Å²) in [6.07, 6.45) is 7.97. The van der Waals surface area contributed by atoms with Crippen molar-refractivity contribution in [3.05, 3.63) is 18.0 Å². The van der Waals surface area contributed by atoms with Gasteiger partial charge in [-0.3, -0.25) is 4.79 Å². The van der Waals surface area contributed by atoms with Crippen molar-refractivity contribution >= 4 is 11.9 Å². The van der Waals surface area contributed by atoms with E-state index in [0.29, 0.717) is 18.4 Å². The van der Waals surface area contributed by atoms with Gasteiger partial charge in [-0.1, -0.05) is 13.8 Å². The average Bonchev–Trinajstić information content (AvgIpc) is 3.15. The van der Waals surface area contributed by atoms with Crippen LogP contribution >= 0.6 is 0 Å². The molecule has 2 fully saturated rings. The molecule has 1 N–H and O–H groups in total. The Labute approximate surface area is 144 Å². The first kappa shape index (κ1) is 17.1. The lowest BCUT2D eigenvalue weighted by Crippen LogP contribution is -2.49. The van der Waals surface area contributed by atoms with Crippen molar-refractivity contribution in [1.82, 2.24) is 20.2 Å². The van der Waals surface area contributed by atoms with Gasteiger partial charge in [0, 0.05) is 63.1 Å². The Morgan fingerprint density at radius 3 is 2.58 bits per heavy atom. The number of carbonyl (C=O) groups excluding carboxylic acids is 1. The number of likely N-dealkylation sites (tertiary alicyclic amines) is 1. The first-order chi connectivity index (χ1) is 11.7. The Morgan fingerprint density at radius 2 is 1.96 bits per heavy atom. The van der Waals surface area contributed by atoms with Crippen molar-refractivity contribution in [1.29, 1.82) is 0 Å². The zero-order valence-electron chi connectivity index (χ0n) is 14.9. The van der Waals surface area contributed by atoms with E-state index in [2.05, 4.69) is 27.1 Å². The Bertz CT molecular complexity index is 541. The van der Waals surface area contributed by atoms with Crippen LogP contribution in [0.4, 0.5) is 5.95 Å². The third-order valence-corrected chi connectivity index (χ3v) is 5.21. The summed E-state index contributed by atoms with van der Waals surface area (Å²) in [5.41, 5.74) is 1.12. The molecular formula is C18H29N5O. The van der Waals surface area contributed by atoms with Crippen molar-refractivity contribution in [2.75, 3.05) is 31.1 Å². The Morgan fingerprint density at radius 1 is 1.25 bits per heavy atom. The molecule has 0 aromatic carbocycles. The molecule has 2 aliphatic rings. The van der Waals surface area contributed by atoms with Gasteiger partial charge in [0.05, 0.1) is 0 Å². The highest BCUT2D eigenvalue weighted by Gasteiger charge is 2.27. The minimum absolute atomic E-state index is 0.270. The lowest BCUT2D eigenvalue weighted by atomic mass is 9.93. The lowest BCUT2D eigenvalue weighted by Gasteiger charge is -2.37. The number of carbonyl (C=O) groups is 1. The van der Waals surface area contributed by atoms with E-state index in [1.807, 2.05) is 24.2 Å². The number of hydrogen-bond donors (Lipinski definition) is 1. The molecule has 0 spiro atoms. The summed E-state index contributed by atoms with van der Waals surface area (Å²) in [6, 6.07) is 0.448. The van der Waals surface area contributed by atoms with Crippen LogP contribution in [0.3, 0.4) is 0 Å². The molecule has 6 nitrogen and oxygen atoms in total. The SMILES string of the molecule is CCC(=O)N1CC[C@H](NCc2cnc(N3CCCC3)nc2)[C@@H](C)C1. The van der Waals surface area contributed by atoms with E-state index in [-0.39, 0.29) is 5.91 Å². The van der Waals surface area contributed by atoms with Gasteiger partial charge in [-0.2, -0.15) is 0 Å². The summed E-state index contributed by atoms with van der Waals surface area (Å²) in [6.45, 7) is 8.81. The highest BCUT2D eigenvalue weighted by atomic mass is 16.2. The van der Waals surface area contributed by atoms with E-state index in [0.717, 1.165) is 50.7 Å². The number of nitrogens with zero attached hydrogens (tertiary/aromatic N) is 4. The summed E-state index contributed by atoms with van der Waals surface area (Å²) in [4.78, 5) is 25.1. The van der Waals surface area contributed by atoms with Crippen molar-refractivity contribution in [3.63, 3.8) is 0 Å². The van der Waals surface area contributed by atoms with Gasteiger partial charge in [0.15, 0.2) is 0 Å². The van der Waals surface area contributed by atoms with Crippen LogP contribution in [-0.2, 0) is 11.3 Å². The fourth-order valence-corrected chi connectivity index (χ4v) is 3.67. The van der Waals surface area contributed by atoms with Crippen LogP contribution in [0.15, 0.2) is 12.4 Å². The van der Waals surface area contributed by atoms with Crippen LogP contribution in [0.5, 0.6) is 0 Å². The molecule has 1 aromatic rings. The van der Waals surface area contributed by atoms with Crippen LogP contribution in [-0.4, -0.2) is 53.0 Å². The second-order valence-electron chi connectivity index (χ2n) is 7.03. The molecule has 0 saturated carbocycles. The molecule has 2 atom stereocenters. The van der Waals surface area contributed by atoms with Crippen LogP contribution < -0.4 is 10.2 Å². The van der Waals surface area contributed by atoms with E-state index in [9.17, 15) is 4.79 Å². The summed E-state index contributed by atoms with van der Waals surface area (Å²) in [5.74, 6) is 1.60. The Hall–Kier alpha value is -1.69. The van der Waals surface area contributed by atoms with Gasteiger partial charge in [0.2, 0.25) is 11.9 Å². The maximum absolute atomic E-state index is 11.8. The fraction of sp³-hybridized carbons (Fsp3) is 0.722. The maximum Gasteiger partial charge on any atom is 0.225 e. The predicted molar refractivity (Wildman–Crippen MR) is 94.8 cm³/mol.